The van der Waals surface area contributed by atoms with E-state index >= 15 is 0 Å². The molecule has 130 valence electrons. The zero-order valence-electron chi connectivity index (χ0n) is 14.2. The molecule has 0 saturated carbocycles. The van der Waals surface area contributed by atoms with Gasteiger partial charge in [0.15, 0.2) is 11.5 Å². The normalized spacial score (nSPS) is 12.0. The van der Waals surface area contributed by atoms with Gasteiger partial charge in [0, 0.05) is 17.6 Å². The number of nitrogens with one attached hydrogen (secondary N) is 1. The standard InChI is InChI=1S/C19H23BrClNO2/c1-4-13(2)22-11-15-9-17(20)19(18(10-15)23-3)24-12-14-6-5-7-16(21)8-14/h5-10,13,22H,4,11-12H2,1-3H3/t13-/m0/s1. The summed E-state index contributed by atoms with van der Waals surface area (Å²) in [5.41, 5.74) is 2.16. The highest BCUT2D eigenvalue weighted by molar-refractivity contribution is 9.10. The largest absolute Gasteiger partial charge is 0.493 e. The zero-order chi connectivity index (χ0) is 17.5. The summed E-state index contributed by atoms with van der Waals surface area (Å²) in [4.78, 5) is 0. The lowest BCUT2D eigenvalue weighted by Gasteiger charge is -2.16. The van der Waals surface area contributed by atoms with E-state index in [0.717, 1.165) is 28.6 Å². The first-order valence-electron chi connectivity index (χ1n) is 8.00. The average Bonchev–Trinajstić information content (AvgIpc) is 2.58. The molecule has 0 aromatic heterocycles. The van der Waals surface area contributed by atoms with Crippen molar-refractivity contribution in [3.63, 3.8) is 0 Å². The summed E-state index contributed by atoms with van der Waals surface area (Å²) in [5.74, 6) is 1.41. The third kappa shape index (κ3) is 5.40. The highest BCUT2D eigenvalue weighted by atomic mass is 79.9. The SMILES string of the molecule is CC[C@H](C)NCc1cc(Br)c(OCc2cccc(Cl)c2)c(OC)c1. The van der Waals surface area contributed by atoms with Crippen LogP contribution in [0.15, 0.2) is 40.9 Å². The molecular formula is C19H23BrClNO2. The second-order valence-electron chi connectivity index (χ2n) is 5.72. The maximum absolute atomic E-state index is 6.01. The van der Waals surface area contributed by atoms with Gasteiger partial charge in [0.25, 0.3) is 0 Å². The summed E-state index contributed by atoms with van der Waals surface area (Å²) in [5, 5.41) is 4.18. The third-order valence-corrected chi connectivity index (χ3v) is 4.65. The molecule has 0 unspecified atom stereocenters. The smallest absolute Gasteiger partial charge is 0.175 e. The molecule has 0 aliphatic rings. The number of hydrogen-bond acceptors (Lipinski definition) is 3. The van der Waals surface area contributed by atoms with Crippen molar-refractivity contribution in [2.45, 2.75) is 39.5 Å². The second kappa shape index (κ2) is 9.30. The zero-order valence-corrected chi connectivity index (χ0v) is 16.6. The first-order chi connectivity index (χ1) is 11.5. The molecule has 0 fully saturated rings. The summed E-state index contributed by atoms with van der Waals surface area (Å²) < 4.78 is 12.3. The molecule has 2 aromatic carbocycles. The van der Waals surface area contributed by atoms with E-state index in [-0.39, 0.29) is 0 Å². The summed E-state index contributed by atoms with van der Waals surface area (Å²) in [7, 11) is 1.65. The van der Waals surface area contributed by atoms with E-state index in [1.54, 1.807) is 7.11 Å². The van der Waals surface area contributed by atoms with E-state index in [1.165, 1.54) is 0 Å². The van der Waals surface area contributed by atoms with Gasteiger partial charge >= 0.3 is 0 Å². The number of ether oxygens (including phenoxy) is 2. The molecule has 0 aliphatic carbocycles. The highest BCUT2D eigenvalue weighted by Gasteiger charge is 2.12. The summed E-state index contributed by atoms with van der Waals surface area (Å²) >= 11 is 9.61. The fourth-order valence-corrected chi connectivity index (χ4v) is 3.05. The molecule has 3 nitrogen and oxygen atoms in total. The minimum atomic E-state index is 0.431. The maximum atomic E-state index is 6.01. The topological polar surface area (TPSA) is 30.5 Å². The number of hydrogen-bond donors (Lipinski definition) is 1. The van der Waals surface area contributed by atoms with Crippen LogP contribution in [0.1, 0.15) is 31.4 Å². The fourth-order valence-electron chi connectivity index (χ4n) is 2.23. The van der Waals surface area contributed by atoms with Crippen LogP contribution in [0.5, 0.6) is 11.5 Å². The van der Waals surface area contributed by atoms with Gasteiger partial charge in [-0.3, -0.25) is 0 Å². The fraction of sp³-hybridized carbons (Fsp3) is 0.368. The molecule has 0 radical (unpaired) electrons. The lowest BCUT2D eigenvalue weighted by Crippen LogP contribution is -2.24. The summed E-state index contributed by atoms with van der Waals surface area (Å²) in [6, 6.07) is 12.2. The summed E-state index contributed by atoms with van der Waals surface area (Å²) in [6.07, 6.45) is 1.10. The minimum absolute atomic E-state index is 0.431. The Morgan fingerprint density at radius 3 is 2.67 bits per heavy atom. The van der Waals surface area contributed by atoms with Gasteiger partial charge in [0.05, 0.1) is 11.6 Å². The van der Waals surface area contributed by atoms with Gasteiger partial charge in [0.1, 0.15) is 6.61 Å². The van der Waals surface area contributed by atoms with Crippen molar-refractivity contribution in [2.24, 2.45) is 0 Å². The van der Waals surface area contributed by atoms with Crippen molar-refractivity contribution in [2.75, 3.05) is 7.11 Å². The third-order valence-electron chi connectivity index (χ3n) is 3.83. The number of halogens is 2. The lowest BCUT2D eigenvalue weighted by atomic mass is 10.1. The average molecular weight is 413 g/mol. The van der Waals surface area contributed by atoms with Crippen molar-refractivity contribution < 1.29 is 9.47 Å². The molecule has 0 aliphatic heterocycles. The van der Waals surface area contributed by atoms with E-state index < -0.39 is 0 Å². The lowest BCUT2D eigenvalue weighted by molar-refractivity contribution is 0.282. The Bertz CT molecular complexity index is 678. The maximum Gasteiger partial charge on any atom is 0.175 e. The van der Waals surface area contributed by atoms with Crippen molar-refractivity contribution in [1.82, 2.24) is 5.32 Å². The van der Waals surface area contributed by atoms with Crippen LogP contribution in [0.25, 0.3) is 0 Å². The Balaban J connectivity index is 2.11. The number of methoxy groups -OCH3 is 1. The molecule has 0 saturated heterocycles. The van der Waals surface area contributed by atoms with Crippen molar-refractivity contribution in [3.05, 3.63) is 57.0 Å². The van der Waals surface area contributed by atoms with Crippen molar-refractivity contribution in [3.8, 4) is 11.5 Å². The highest BCUT2D eigenvalue weighted by Crippen LogP contribution is 2.37. The van der Waals surface area contributed by atoms with Crippen LogP contribution in [-0.4, -0.2) is 13.2 Å². The van der Waals surface area contributed by atoms with Crippen LogP contribution in [0, 0.1) is 0 Å². The number of rotatable bonds is 8. The van der Waals surface area contributed by atoms with Gasteiger partial charge in [-0.1, -0.05) is 30.7 Å². The van der Waals surface area contributed by atoms with Gasteiger partial charge in [-0.05, 0) is 64.7 Å². The van der Waals surface area contributed by atoms with E-state index in [0.29, 0.717) is 29.2 Å². The Morgan fingerprint density at radius 2 is 2.00 bits per heavy atom. The predicted molar refractivity (Wildman–Crippen MR) is 103 cm³/mol. The molecule has 1 N–H and O–H groups in total. The van der Waals surface area contributed by atoms with Gasteiger partial charge in [0.2, 0.25) is 0 Å². The quantitative estimate of drug-likeness (QED) is 0.614. The van der Waals surface area contributed by atoms with E-state index in [2.05, 4.69) is 41.2 Å². The van der Waals surface area contributed by atoms with Crippen molar-refractivity contribution in [1.29, 1.82) is 0 Å². The van der Waals surface area contributed by atoms with Gasteiger partial charge in [-0.15, -0.1) is 0 Å². The van der Waals surface area contributed by atoms with E-state index in [9.17, 15) is 0 Å². The second-order valence-corrected chi connectivity index (χ2v) is 7.01. The first-order valence-corrected chi connectivity index (χ1v) is 9.17. The molecule has 0 bridgehead atoms. The molecule has 5 heteroatoms. The van der Waals surface area contributed by atoms with Crippen molar-refractivity contribution >= 4 is 27.5 Å². The van der Waals surface area contributed by atoms with Crippen LogP contribution in [-0.2, 0) is 13.2 Å². The Morgan fingerprint density at radius 1 is 1.21 bits per heavy atom. The van der Waals surface area contributed by atoms with Gasteiger partial charge in [-0.25, -0.2) is 0 Å². The first kappa shape index (κ1) is 19.1. The Kier molecular flexibility index (Phi) is 7.40. The van der Waals surface area contributed by atoms with Crippen LogP contribution < -0.4 is 14.8 Å². The molecule has 24 heavy (non-hydrogen) atoms. The molecule has 0 heterocycles. The van der Waals surface area contributed by atoms with Gasteiger partial charge in [-0.2, -0.15) is 0 Å². The van der Waals surface area contributed by atoms with Gasteiger partial charge < -0.3 is 14.8 Å². The van der Waals surface area contributed by atoms with E-state index in [4.69, 9.17) is 21.1 Å². The summed E-state index contributed by atoms with van der Waals surface area (Å²) in [6.45, 7) is 5.56. The monoisotopic (exact) mass is 411 g/mol. The molecule has 2 rings (SSSR count). The molecule has 0 spiro atoms. The molecule has 0 amide bonds. The number of benzene rings is 2. The molecular weight excluding hydrogens is 390 g/mol. The van der Waals surface area contributed by atoms with Crippen LogP contribution in [0.2, 0.25) is 5.02 Å². The Labute approximate surface area is 157 Å². The van der Waals surface area contributed by atoms with Crippen LogP contribution in [0.3, 0.4) is 0 Å². The molecule has 1 atom stereocenters. The minimum Gasteiger partial charge on any atom is -0.493 e. The van der Waals surface area contributed by atoms with Crippen LogP contribution >= 0.6 is 27.5 Å². The van der Waals surface area contributed by atoms with Crippen LogP contribution in [0.4, 0.5) is 0 Å². The Hall–Kier alpha value is -1.23. The van der Waals surface area contributed by atoms with E-state index in [1.807, 2.05) is 30.3 Å². The predicted octanol–water partition coefficient (Wildman–Crippen LogP) is 5.58. The molecule has 2 aromatic rings.